The quantitative estimate of drug-likeness (QED) is 0.214. The molecule has 0 radical (unpaired) electrons. The van der Waals surface area contributed by atoms with Crippen LogP contribution in [0.3, 0.4) is 0 Å². The van der Waals surface area contributed by atoms with E-state index in [1.807, 2.05) is 51.1 Å². The van der Waals surface area contributed by atoms with Crippen molar-refractivity contribution in [2.24, 2.45) is 0 Å². The van der Waals surface area contributed by atoms with Crippen molar-refractivity contribution in [1.29, 1.82) is 0 Å². The van der Waals surface area contributed by atoms with Crippen molar-refractivity contribution in [1.82, 2.24) is 0 Å². The van der Waals surface area contributed by atoms with Gasteiger partial charge >= 0.3 is 0 Å². The normalized spacial score (nSPS) is 11.4. The van der Waals surface area contributed by atoms with E-state index in [4.69, 9.17) is 13.9 Å². The topological polar surface area (TPSA) is 77.8 Å². The zero-order chi connectivity index (χ0) is 25.8. The lowest BCUT2D eigenvalue weighted by Crippen LogP contribution is -2.09. The highest BCUT2D eigenvalue weighted by molar-refractivity contribution is 6.06. The van der Waals surface area contributed by atoms with E-state index in [-0.39, 0.29) is 11.7 Å². The van der Waals surface area contributed by atoms with Crippen LogP contribution in [-0.4, -0.2) is 25.4 Å². The molecule has 0 aliphatic rings. The van der Waals surface area contributed by atoms with E-state index in [2.05, 4.69) is 5.32 Å². The maximum Gasteiger partial charge on any atom is 0.248 e. The monoisotopic (exact) mass is 483 g/mol. The van der Waals surface area contributed by atoms with Crippen LogP contribution in [0.4, 0.5) is 5.69 Å². The largest absolute Gasteiger partial charge is 0.496 e. The SMILES string of the molecule is CCOc1ccc(-c2coc3c(C)c(OC)c(/C(C)=C/C(=O)Nc4cccc(C(C)=O)c4)cc23)cc1. The first-order valence-electron chi connectivity index (χ1n) is 11.7. The minimum Gasteiger partial charge on any atom is -0.496 e. The Kier molecular flexibility index (Phi) is 7.25. The lowest BCUT2D eigenvalue weighted by atomic mass is 9.96. The highest BCUT2D eigenvalue weighted by Crippen LogP contribution is 2.40. The highest BCUT2D eigenvalue weighted by atomic mass is 16.5. The van der Waals surface area contributed by atoms with E-state index in [9.17, 15) is 9.59 Å². The number of carbonyl (C=O) groups is 2. The minimum atomic E-state index is -0.299. The smallest absolute Gasteiger partial charge is 0.248 e. The summed E-state index contributed by atoms with van der Waals surface area (Å²) >= 11 is 0. The zero-order valence-electron chi connectivity index (χ0n) is 21.1. The summed E-state index contributed by atoms with van der Waals surface area (Å²) in [5, 5.41) is 3.76. The third kappa shape index (κ3) is 5.03. The van der Waals surface area contributed by atoms with Crippen molar-refractivity contribution in [3.8, 4) is 22.6 Å². The van der Waals surface area contributed by atoms with Crippen LogP contribution >= 0.6 is 0 Å². The summed E-state index contributed by atoms with van der Waals surface area (Å²) in [5.74, 6) is 1.10. The minimum absolute atomic E-state index is 0.0604. The number of hydrogen-bond acceptors (Lipinski definition) is 5. The van der Waals surface area contributed by atoms with Gasteiger partial charge in [-0.15, -0.1) is 0 Å². The number of amides is 1. The fourth-order valence-corrected chi connectivity index (χ4v) is 4.26. The molecule has 0 saturated carbocycles. The molecular weight excluding hydrogens is 454 g/mol. The van der Waals surface area contributed by atoms with Gasteiger partial charge in [-0.1, -0.05) is 24.3 Å². The molecule has 4 aromatic rings. The molecule has 6 nitrogen and oxygen atoms in total. The second kappa shape index (κ2) is 10.5. The van der Waals surface area contributed by atoms with E-state index >= 15 is 0 Å². The average Bonchev–Trinajstić information content (AvgIpc) is 3.29. The van der Waals surface area contributed by atoms with E-state index in [0.717, 1.165) is 44.5 Å². The molecule has 4 rings (SSSR count). The van der Waals surface area contributed by atoms with Gasteiger partial charge in [-0.25, -0.2) is 0 Å². The molecule has 0 saturated heterocycles. The molecule has 36 heavy (non-hydrogen) atoms. The number of benzene rings is 3. The number of nitrogens with one attached hydrogen (secondary N) is 1. The molecule has 0 fully saturated rings. The van der Waals surface area contributed by atoms with E-state index < -0.39 is 0 Å². The van der Waals surface area contributed by atoms with E-state index in [1.165, 1.54) is 13.0 Å². The van der Waals surface area contributed by atoms with Crippen LogP contribution in [0.15, 0.2) is 71.4 Å². The Bertz CT molecular complexity index is 1460. The number of ketones is 1. The van der Waals surface area contributed by atoms with Crippen LogP contribution in [0.5, 0.6) is 11.5 Å². The number of rotatable bonds is 8. The third-order valence-corrected chi connectivity index (χ3v) is 6.03. The van der Waals surface area contributed by atoms with Gasteiger partial charge in [0.1, 0.15) is 17.1 Å². The number of allylic oxidation sites excluding steroid dienone is 1. The standard InChI is InChI=1S/C30H29NO5/c1-6-35-24-12-10-21(11-13-24)27-17-36-30-19(3)29(34-5)25(16-26(27)30)18(2)14-28(33)31-23-9-7-8-22(15-23)20(4)32/h7-17H,6H2,1-5H3,(H,31,33)/b18-14+. The molecule has 184 valence electrons. The molecule has 3 aromatic carbocycles. The molecule has 1 heterocycles. The van der Waals surface area contributed by atoms with Crippen LogP contribution in [0.1, 0.15) is 42.3 Å². The number of carbonyl (C=O) groups excluding carboxylic acids is 2. The number of furan rings is 1. The van der Waals surface area contributed by atoms with Crippen LogP contribution in [0.25, 0.3) is 27.7 Å². The van der Waals surface area contributed by atoms with Gasteiger partial charge in [0.15, 0.2) is 5.78 Å². The number of Topliss-reactive ketones (excluding diaryl/α,β-unsaturated/α-hetero) is 1. The van der Waals surface area contributed by atoms with Crippen LogP contribution in [-0.2, 0) is 4.79 Å². The van der Waals surface area contributed by atoms with E-state index in [1.54, 1.807) is 37.6 Å². The van der Waals surface area contributed by atoms with Gasteiger partial charge in [0.25, 0.3) is 0 Å². The molecule has 0 atom stereocenters. The molecular formula is C30H29NO5. The number of methoxy groups -OCH3 is 1. The Morgan fingerprint density at radius 1 is 1.06 bits per heavy atom. The van der Waals surface area contributed by atoms with E-state index in [0.29, 0.717) is 23.6 Å². The second-order valence-corrected chi connectivity index (χ2v) is 8.52. The Morgan fingerprint density at radius 2 is 1.81 bits per heavy atom. The summed E-state index contributed by atoms with van der Waals surface area (Å²) in [6, 6.07) is 16.7. The molecule has 1 aromatic heterocycles. The Balaban J connectivity index is 1.71. The summed E-state index contributed by atoms with van der Waals surface area (Å²) in [6.45, 7) is 7.86. The summed E-state index contributed by atoms with van der Waals surface area (Å²) in [4.78, 5) is 24.5. The van der Waals surface area contributed by atoms with Gasteiger partial charge in [0, 0.05) is 39.4 Å². The van der Waals surface area contributed by atoms with Crippen molar-refractivity contribution in [3.63, 3.8) is 0 Å². The summed E-state index contributed by atoms with van der Waals surface area (Å²) in [5.41, 5.74) is 6.15. The second-order valence-electron chi connectivity index (χ2n) is 8.52. The number of fused-ring (bicyclic) bond motifs is 1. The van der Waals surface area contributed by atoms with Crippen LogP contribution in [0, 0.1) is 6.92 Å². The molecule has 0 bridgehead atoms. The van der Waals surface area contributed by atoms with Gasteiger partial charge in [-0.3, -0.25) is 9.59 Å². The molecule has 0 unspecified atom stereocenters. The van der Waals surface area contributed by atoms with Crippen molar-refractivity contribution >= 4 is 33.9 Å². The summed E-state index contributed by atoms with van der Waals surface area (Å²) < 4.78 is 17.2. The maximum atomic E-state index is 12.8. The van der Waals surface area contributed by atoms with Gasteiger partial charge in [0.2, 0.25) is 5.91 Å². The lowest BCUT2D eigenvalue weighted by Gasteiger charge is -2.13. The molecule has 1 N–H and O–H groups in total. The first-order valence-corrected chi connectivity index (χ1v) is 11.7. The molecule has 0 spiro atoms. The summed E-state index contributed by atoms with van der Waals surface area (Å²) in [7, 11) is 1.61. The number of anilines is 1. The zero-order valence-corrected chi connectivity index (χ0v) is 21.1. The van der Waals surface area contributed by atoms with Gasteiger partial charge in [-0.2, -0.15) is 0 Å². The number of ether oxygens (including phenoxy) is 2. The fraction of sp³-hybridized carbons (Fsp3) is 0.200. The molecule has 0 aliphatic carbocycles. The maximum absolute atomic E-state index is 12.8. The first-order chi connectivity index (χ1) is 17.3. The molecule has 0 aliphatic heterocycles. The number of hydrogen-bond donors (Lipinski definition) is 1. The predicted molar refractivity (Wildman–Crippen MR) is 143 cm³/mol. The van der Waals surface area contributed by atoms with Crippen LogP contribution < -0.4 is 14.8 Å². The van der Waals surface area contributed by atoms with Crippen molar-refractivity contribution in [3.05, 3.63) is 83.6 Å². The summed E-state index contributed by atoms with van der Waals surface area (Å²) in [6.07, 6.45) is 3.27. The Labute approximate surface area is 210 Å². The van der Waals surface area contributed by atoms with Crippen molar-refractivity contribution in [2.75, 3.05) is 19.0 Å². The number of aryl methyl sites for hydroxylation is 1. The lowest BCUT2D eigenvalue weighted by molar-refractivity contribution is -0.111. The Morgan fingerprint density at radius 3 is 2.47 bits per heavy atom. The third-order valence-electron chi connectivity index (χ3n) is 6.03. The highest BCUT2D eigenvalue weighted by Gasteiger charge is 2.19. The molecule has 6 heteroatoms. The average molecular weight is 484 g/mol. The van der Waals surface area contributed by atoms with Gasteiger partial charge in [-0.05, 0) is 69.2 Å². The van der Waals surface area contributed by atoms with Gasteiger partial charge < -0.3 is 19.2 Å². The molecule has 1 amide bonds. The van der Waals surface area contributed by atoms with Crippen LogP contribution in [0.2, 0.25) is 0 Å². The van der Waals surface area contributed by atoms with Crippen molar-refractivity contribution < 1.29 is 23.5 Å². The predicted octanol–water partition coefficient (Wildman–Crippen LogP) is 7.06. The van der Waals surface area contributed by atoms with Crippen molar-refractivity contribution in [2.45, 2.75) is 27.7 Å². The first kappa shape index (κ1) is 24.8. The van der Waals surface area contributed by atoms with Gasteiger partial charge in [0.05, 0.1) is 20.0 Å². The fourth-order valence-electron chi connectivity index (χ4n) is 4.26. The Hall–Kier alpha value is -4.32.